The minimum absolute atomic E-state index is 0.351. The van der Waals surface area contributed by atoms with E-state index < -0.39 is 0 Å². The van der Waals surface area contributed by atoms with E-state index in [9.17, 15) is 0 Å². The van der Waals surface area contributed by atoms with Crippen molar-refractivity contribution in [3.63, 3.8) is 0 Å². The zero-order chi connectivity index (χ0) is 8.10. The van der Waals surface area contributed by atoms with Crippen LogP contribution in [0.2, 0.25) is 0 Å². The van der Waals surface area contributed by atoms with Crippen LogP contribution in [0.1, 0.15) is 0 Å². The fraction of sp³-hybridized carbons (Fsp3) is 0. The van der Waals surface area contributed by atoms with Crippen LogP contribution in [-0.2, 0) is 0 Å². The van der Waals surface area contributed by atoms with E-state index in [1.807, 2.05) is 12.1 Å². The Balaban J connectivity index is 2.58. The number of pyridine rings is 1. The van der Waals surface area contributed by atoms with Gasteiger partial charge in [0.05, 0.1) is 0 Å². The highest BCUT2D eigenvalue weighted by molar-refractivity contribution is 7.80. The van der Waals surface area contributed by atoms with Crippen LogP contribution in [0, 0.1) is 0 Å². The average Bonchev–Trinajstić information content (AvgIpc) is 2.06. The normalized spacial score (nSPS) is 8.82. The van der Waals surface area contributed by atoms with E-state index in [-0.39, 0.29) is 0 Å². The molecular weight excluding hydrogens is 160 g/mol. The quantitative estimate of drug-likeness (QED) is 0.318. The van der Waals surface area contributed by atoms with E-state index in [4.69, 9.17) is 18.1 Å². The van der Waals surface area contributed by atoms with Crippen LogP contribution in [0.3, 0.4) is 0 Å². The van der Waals surface area contributed by atoms with Crippen LogP contribution < -0.4 is 16.6 Å². The molecule has 0 spiro atoms. The van der Waals surface area contributed by atoms with Crippen molar-refractivity contribution in [2.24, 2.45) is 5.84 Å². The first-order valence-corrected chi connectivity index (χ1v) is 3.42. The standard InChI is InChI=1S/C6H8N4S/c7-10-6(11)9-5-3-1-2-4-8-5/h1-4H,7H2,(H2,8,9,10,11). The fourth-order valence-corrected chi connectivity index (χ4v) is 0.694. The lowest BCUT2D eigenvalue weighted by Crippen LogP contribution is -2.34. The molecule has 1 heterocycles. The molecule has 0 fully saturated rings. The van der Waals surface area contributed by atoms with Gasteiger partial charge in [0.1, 0.15) is 5.82 Å². The third-order valence-electron chi connectivity index (χ3n) is 1.04. The number of hydrazine groups is 1. The van der Waals surface area contributed by atoms with Gasteiger partial charge in [-0.3, -0.25) is 0 Å². The van der Waals surface area contributed by atoms with Crippen molar-refractivity contribution in [2.45, 2.75) is 0 Å². The smallest absolute Gasteiger partial charge is 0.186 e. The maximum Gasteiger partial charge on any atom is 0.186 e. The lowest BCUT2D eigenvalue weighted by molar-refractivity contribution is 1.04. The number of rotatable bonds is 1. The van der Waals surface area contributed by atoms with E-state index in [1.54, 1.807) is 12.3 Å². The lowest BCUT2D eigenvalue weighted by atomic mass is 10.5. The zero-order valence-corrected chi connectivity index (χ0v) is 6.56. The van der Waals surface area contributed by atoms with Gasteiger partial charge in [0.25, 0.3) is 0 Å². The summed E-state index contributed by atoms with van der Waals surface area (Å²) in [4.78, 5) is 3.97. The first-order chi connectivity index (χ1) is 5.33. The molecule has 5 heteroatoms. The van der Waals surface area contributed by atoms with Gasteiger partial charge >= 0.3 is 0 Å². The summed E-state index contributed by atoms with van der Waals surface area (Å²) in [5, 5.41) is 3.13. The Morgan fingerprint density at radius 3 is 2.91 bits per heavy atom. The zero-order valence-electron chi connectivity index (χ0n) is 5.74. The SMILES string of the molecule is NNC(=S)Nc1ccccn1. The van der Waals surface area contributed by atoms with Crippen LogP contribution >= 0.6 is 12.2 Å². The largest absolute Gasteiger partial charge is 0.316 e. The maximum atomic E-state index is 5.04. The Labute approximate surface area is 69.8 Å². The monoisotopic (exact) mass is 168 g/mol. The minimum Gasteiger partial charge on any atom is -0.316 e. The van der Waals surface area contributed by atoms with Gasteiger partial charge in [-0.2, -0.15) is 0 Å². The van der Waals surface area contributed by atoms with E-state index in [0.717, 1.165) is 0 Å². The molecule has 11 heavy (non-hydrogen) atoms. The van der Waals surface area contributed by atoms with Gasteiger partial charge in [0.2, 0.25) is 0 Å². The predicted molar refractivity (Wildman–Crippen MR) is 47.8 cm³/mol. The molecule has 0 atom stereocenters. The third kappa shape index (κ3) is 2.48. The minimum atomic E-state index is 0.351. The summed E-state index contributed by atoms with van der Waals surface area (Å²) in [5.41, 5.74) is 2.29. The van der Waals surface area contributed by atoms with Crippen LogP contribution in [-0.4, -0.2) is 10.1 Å². The van der Waals surface area contributed by atoms with Gasteiger partial charge in [-0.25, -0.2) is 10.8 Å². The number of thiocarbonyl (C=S) groups is 1. The molecule has 0 bridgehead atoms. The number of nitrogens with two attached hydrogens (primary N) is 1. The first kappa shape index (κ1) is 7.90. The molecule has 0 aliphatic heterocycles. The summed E-state index contributed by atoms with van der Waals surface area (Å²) in [6.07, 6.45) is 1.67. The molecule has 0 aliphatic rings. The highest BCUT2D eigenvalue weighted by atomic mass is 32.1. The maximum absolute atomic E-state index is 5.04. The Morgan fingerprint density at radius 2 is 2.36 bits per heavy atom. The Hall–Kier alpha value is -1.20. The molecule has 0 saturated carbocycles. The van der Waals surface area contributed by atoms with Crippen LogP contribution in [0.15, 0.2) is 24.4 Å². The lowest BCUT2D eigenvalue weighted by Gasteiger charge is -2.03. The second-order valence-corrected chi connectivity index (χ2v) is 2.22. The highest BCUT2D eigenvalue weighted by Gasteiger charge is 1.92. The summed E-state index contributed by atoms with van der Waals surface area (Å²) in [6.45, 7) is 0. The second kappa shape index (κ2) is 3.85. The van der Waals surface area contributed by atoms with E-state index in [0.29, 0.717) is 10.9 Å². The highest BCUT2D eigenvalue weighted by Crippen LogP contribution is 1.98. The van der Waals surface area contributed by atoms with Crippen molar-refractivity contribution in [2.75, 3.05) is 5.32 Å². The molecule has 0 saturated heterocycles. The van der Waals surface area contributed by atoms with Crippen LogP contribution in [0.25, 0.3) is 0 Å². The van der Waals surface area contributed by atoms with Crippen LogP contribution in [0.4, 0.5) is 5.82 Å². The van der Waals surface area contributed by atoms with Crippen LogP contribution in [0.5, 0.6) is 0 Å². The van der Waals surface area contributed by atoms with Gasteiger partial charge in [-0.1, -0.05) is 6.07 Å². The van der Waals surface area contributed by atoms with Crippen molar-refractivity contribution >= 4 is 23.1 Å². The molecule has 58 valence electrons. The van der Waals surface area contributed by atoms with Crippen molar-refractivity contribution in [3.8, 4) is 0 Å². The Morgan fingerprint density at radius 1 is 1.55 bits per heavy atom. The molecule has 0 aromatic carbocycles. The molecule has 4 N–H and O–H groups in total. The number of hydrogen-bond acceptors (Lipinski definition) is 3. The summed E-state index contributed by atoms with van der Waals surface area (Å²) in [6, 6.07) is 5.47. The second-order valence-electron chi connectivity index (χ2n) is 1.81. The summed E-state index contributed by atoms with van der Waals surface area (Å²) in [7, 11) is 0. The molecule has 4 nitrogen and oxygen atoms in total. The Bertz CT molecular complexity index is 236. The van der Waals surface area contributed by atoms with Gasteiger partial charge < -0.3 is 10.7 Å². The molecule has 1 rings (SSSR count). The Kier molecular flexibility index (Phi) is 2.76. The van der Waals surface area contributed by atoms with Gasteiger partial charge in [-0.05, 0) is 24.4 Å². The number of nitrogens with zero attached hydrogens (tertiary/aromatic N) is 1. The van der Waals surface area contributed by atoms with Crippen molar-refractivity contribution < 1.29 is 0 Å². The van der Waals surface area contributed by atoms with Gasteiger partial charge in [0, 0.05) is 6.20 Å². The van der Waals surface area contributed by atoms with Crippen molar-refractivity contribution in [1.29, 1.82) is 0 Å². The number of aromatic nitrogens is 1. The molecule has 1 aromatic heterocycles. The van der Waals surface area contributed by atoms with Crippen molar-refractivity contribution in [3.05, 3.63) is 24.4 Å². The predicted octanol–water partition coefficient (Wildman–Crippen LogP) is 0.242. The summed E-state index contributed by atoms with van der Waals surface area (Å²) in [5.74, 6) is 5.71. The number of anilines is 1. The molecule has 0 amide bonds. The molecule has 0 unspecified atom stereocenters. The molecule has 0 radical (unpaired) electrons. The number of nitrogens with one attached hydrogen (secondary N) is 2. The van der Waals surface area contributed by atoms with Gasteiger partial charge in [-0.15, -0.1) is 0 Å². The van der Waals surface area contributed by atoms with E-state index in [1.165, 1.54) is 0 Å². The first-order valence-electron chi connectivity index (χ1n) is 3.01. The third-order valence-corrected chi connectivity index (χ3v) is 1.26. The fourth-order valence-electron chi connectivity index (χ4n) is 0.589. The van der Waals surface area contributed by atoms with E-state index >= 15 is 0 Å². The van der Waals surface area contributed by atoms with Gasteiger partial charge in [0.15, 0.2) is 5.11 Å². The molecular formula is C6H8N4S. The molecule has 0 aliphatic carbocycles. The summed E-state index contributed by atoms with van der Waals surface area (Å²) >= 11 is 4.75. The number of hydrogen-bond donors (Lipinski definition) is 3. The van der Waals surface area contributed by atoms with E-state index in [2.05, 4.69) is 15.7 Å². The van der Waals surface area contributed by atoms with Crippen molar-refractivity contribution in [1.82, 2.24) is 10.4 Å². The summed E-state index contributed by atoms with van der Waals surface area (Å²) < 4.78 is 0. The average molecular weight is 168 g/mol. The topological polar surface area (TPSA) is 63.0 Å². The molecule has 1 aromatic rings.